The monoisotopic (exact) mass is 157 g/mol. The normalized spacial score (nSPS) is 11.0. The van der Waals surface area contributed by atoms with Crippen LogP contribution in [0.25, 0.3) is 0 Å². The summed E-state index contributed by atoms with van der Waals surface area (Å²) in [5.41, 5.74) is 0. The predicted molar refractivity (Wildman–Crippen MR) is 42.1 cm³/mol. The molecule has 4 heteroatoms. The first-order valence-corrected chi connectivity index (χ1v) is 4.36. The molecule has 3 nitrogen and oxygen atoms in total. The third kappa shape index (κ3) is 2.07. The number of nitrogens with zero attached hydrogens (tertiary/aromatic N) is 3. The van der Waals surface area contributed by atoms with Crippen molar-refractivity contribution >= 4 is 8.51 Å². The predicted octanol–water partition coefficient (Wildman–Crippen LogP) is 1.74. The molecule has 10 heavy (non-hydrogen) atoms. The second-order valence-electron chi connectivity index (χ2n) is 2.30. The van der Waals surface area contributed by atoms with Crippen molar-refractivity contribution in [3.05, 3.63) is 5.82 Å². The van der Waals surface area contributed by atoms with Gasteiger partial charge >= 0.3 is 0 Å². The van der Waals surface area contributed by atoms with Gasteiger partial charge in [-0.25, -0.2) is 4.44 Å². The maximum Gasteiger partial charge on any atom is 0.155 e. The summed E-state index contributed by atoms with van der Waals surface area (Å²) in [5.74, 6) is 1.01. The number of aromatic nitrogens is 3. The van der Waals surface area contributed by atoms with Crippen molar-refractivity contribution in [3.8, 4) is 0 Å². The summed E-state index contributed by atoms with van der Waals surface area (Å²) in [4.78, 5) is 0. The Hall–Kier alpha value is -0.430. The fraction of sp³-hybridized carbons (Fsp3) is 0.833. The Kier molecular flexibility index (Phi) is 2.82. The third-order valence-corrected chi connectivity index (χ3v) is 1.97. The van der Waals surface area contributed by atoms with E-state index in [2.05, 4.69) is 16.8 Å². The summed E-state index contributed by atoms with van der Waals surface area (Å²) in [6.45, 7) is 2.18. The Balaban J connectivity index is 2.42. The molecule has 0 aliphatic heterocycles. The molecule has 0 saturated carbocycles. The summed E-state index contributed by atoms with van der Waals surface area (Å²) in [6, 6.07) is 0. The molecule has 0 N–H and O–H groups in total. The van der Waals surface area contributed by atoms with Gasteiger partial charge in [0.05, 0.1) is 0 Å². The van der Waals surface area contributed by atoms with Gasteiger partial charge in [0.25, 0.3) is 0 Å². The van der Waals surface area contributed by atoms with Crippen LogP contribution < -0.4 is 0 Å². The highest BCUT2D eigenvalue weighted by molar-refractivity contribution is 7.20. The van der Waals surface area contributed by atoms with Gasteiger partial charge in [-0.2, -0.15) is 9.85 Å². The smallest absolute Gasteiger partial charge is 0.155 e. The lowest BCUT2D eigenvalue weighted by Gasteiger charge is -1.88. The quantitative estimate of drug-likeness (QED) is 0.669. The van der Waals surface area contributed by atoms with Gasteiger partial charge in [0.15, 0.2) is 14.3 Å². The lowest BCUT2D eigenvalue weighted by molar-refractivity contribution is 0.724. The summed E-state index contributed by atoms with van der Waals surface area (Å²) in [7, 11) is 2.90. The molecule has 0 amide bonds. The molecule has 0 aromatic carbocycles. The van der Waals surface area contributed by atoms with E-state index < -0.39 is 0 Å². The van der Waals surface area contributed by atoms with E-state index in [0.717, 1.165) is 20.8 Å². The minimum Gasteiger partial charge on any atom is -0.232 e. The summed E-state index contributed by atoms with van der Waals surface area (Å²) >= 11 is 0. The van der Waals surface area contributed by atoms with Gasteiger partial charge in [0.2, 0.25) is 0 Å². The van der Waals surface area contributed by atoms with Crippen molar-refractivity contribution in [1.82, 2.24) is 14.3 Å². The van der Waals surface area contributed by atoms with Crippen LogP contribution >= 0.6 is 8.51 Å². The zero-order valence-electron chi connectivity index (χ0n) is 6.41. The van der Waals surface area contributed by atoms with Gasteiger partial charge in [-0.05, 0) is 6.42 Å². The fourth-order valence-electron chi connectivity index (χ4n) is 0.758. The topological polar surface area (TPSA) is 30.7 Å². The van der Waals surface area contributed by atoms with Gasteiger partial charge in [-0.15, -0.1) is 0 Å². The van der Waals surface area contributed by atoms with E-state index in [1.807, 2.05) is 11.5 Å². The van der Waals surface area contributed by atoms with Gasteiger partial charge in [0, 0.05) is 13.5 Å². The molecule has 0 aliphatic rings. The van der Waals surface area contributed by atoms with Gasteiger partial charge in [-0.1, -0.05) is 13.3 Å². The van der Waals surface area contributed by atoms with Crippen LogP contribution in [0.5, 0.6) is 0 Å². The molecule has 56 valence electrons. The number of aryl methyl sites for hydroxylation is 2. The number of hydrogen-bond donors (Lipinski definition) is 0. The average molecular weight is 157 g/mol. The number of hydrogen-bond acceptors (Lipinski definition) is 2. The first-order valence-electron chi connectivity index (χ1n) is 3.56. The van der Waals surface area contributed by atoms with E-state index >= 15 is 0 Å². The van der Waals surface area contributed by atoms with Gasteiger partial charge < -0.3 is 0 Å². The van der Waals surface area contributed by atoms with Crippen LogP contribution in [-0.2, 0) is 13.5 Å². The fourth-order valence-corrected chi connectivity index (χ4v) is 1.27. The Morgan fingerprint density at radius 3 is 2.90 bits per heavy atom. The average Bonchev–Trinajstić information content (AvgIpc) is 2.31. The molecular formula is C6H12N3P. The third-order valence-electron chi connectivity index (χ3n) is 1.30. The zero-order valence-corrected chi connectivity index (χ0v) is 7.30. The van der Waals surface area contributed by atoms with Crippen molar-refractivity contribution in [3.63, 3.8) is 0 Å². The zero-order chi connectivity index (χ0) is 7.40. The van der Waals surface area contributed by atoms with E-state index in [1.54, 1.807) is 0 Å². The highest BCUT2D eigenvalue weighted by Crippen LogP contribution is 2.02. The molecule has 0 fully saturated rings. The summed E-state index contributed by atoms with van der Waals surface area (Å²) in [5, 5.41) is 4.20. The Morgan fingerprint density at radius 2 is 2.40 bits per heavy atom. The minimum absolute atomic E-state index is 0.970. The molecule has 0 bridgehead atoms. The van der Waals surface area contributed by atoms with Gasteiger partial charge in [0.1, 0.15) is 0 Å². The van der Waals surface area contributed by atoms with E-state index in [1.165, 1.54) is 12.8 Å². The van der Waals surface area contributed by atoms with Crippen LogP contribution in [0.2, 0.25) is 0 Å². The van der Waals surface area contributed by atoms with Crippen molar-refractivity contribution in [2.24, 2.45) is 7.05 Å². The summed E-state index contributed by atoms with van der Waals surface area (Å²) in [6.07, 6.45) is 3.45. The SMILES string of the molecule is CCCCc1npn(C)n1. The first-order chi connectivity index (χ1) is 4.83. The maximum absolute atomic E-state index is 4.20. The van der Waals surface area contributed by atoms with Crippen molar-refractivity contribution < 1.29 is 0 Å². The van der Waals surface area contributed by atoms with Crippen LogP contribution in [0, 0.1) is 0 Å². The van der Waals surface area contributed by atoms with Crippen LogP contribution in [-0.4, -0.2) is 14.3 Å². The molecule has 1 rings (SSSR count). The Morgan fingerprint density at radius 1 is 1.60 bits per heavy atom. The van der Waals surface area contributed by atoms with Crippen molar-refractivity contribution in [2.45, 2.75) is 26.2 Å². The minimum atomic E-state index is 0.970. The second kappa shape index (κ2) is 3.67. The molecule has 0 radical (unpaired) electrons. The molecule has 0 aliphatic carbocycles. The van der Waals surface area contributed by atoms with E-state index in [-0.39, 0.29) is 0 Å². The number of unbranched alkanes of at least 4 members (excludes halogenated alkanes) is 1. The highest BCUT2D eigenvalue weighted by Gasteiger charge is 1.96. The van der Waals surface area contributed by atoms with Crippen LogP contribution in [0.1, 0.15) is 25.6 Å². The molecule has 0 saturated heterocycles. The molecule has 1 aromatic heterocycles. The van der Waals surface area contributed by atoms with Gasteiger partial charge in [-0.3, -0.25) is 0 Å². The van der Waals surface area contributed by atoms with E-state index in [9.17, 15) is 0 Å². The van der Waals surface area contributed by atoms with E-state index in [4.69, 9.17) is 0 Å². The highest BCUT2D eigenvalue weighted by atomic mass is 31.1. The number of rotatable bonds is 3. The molecule has 1 aromatic rings. The molecule has 0 atom stereocenters. The molecular weight excluding hydrogens is 145 g/mol. The lowest BCUT2D eigenvalue weighted by Crippen LogP contribution is -1.90. The van der Waals surface area contributed by atoms with Crippen molar-refractivity contribution in [2.75, 3.05) is 0 Å². The largest absolute Gasteiger partial charge is 0.232 e. The Bertz CT molecular complexity index is 197. The van der Waals surface area contributed by atoms with Crippen LogP contribution in [0.4, 0.5) is 0 Å². The standard InChI is InChI=1S/C6H12N3P/c1-3-4-5-6-7-9(2)10-8-6/h3-5H2,1-2H3. The van der Waals surface area contributed by atoms with Crippen LogP contribution in [0.3, 0.4) is 0 Å². The summed E-state index contributed by atoms with van der Waals surface area (Å²) < 4.78 is 6.04. The first kappa shape index (κ1) is 7.67. The lowest BCUT2D eigenvalue weighted by atomic mass is 10.2. The second-order valence-corrected chi connectivity index (χ2v) is 3.26. The maximum atomic E-state index is 4.20. The van der Waals surface area contributed by atoms with Crippen LogP contribution in [0.15, 0.2) is 0 Å². The molecule has 0 unspecified atom stereocenters. The van der Waals surface area contributed by atoms with Crippen molar-refractivity contribution in [1.29, 1.82) is 0 Å². The molecule has 1 heterocycles. The van der Waals surface area contributed by atoms with E-state index in [0.29, 0.717) is 0 Å². The Labute approximate surface area is 62.7 Å². The molecule has 0 spiro atoms.